The molecule has 6 heteroatoms. The Morgan fingerprint density at radius 1 is 0.857 bits per heavy atom. The minimum atomic E-state index is -0.184. The van der Waals surface area contributed by atoms with Gasteiger partial charge in [-0.25, -0.2) is 0 Å². The molecular formula is C29H34N2O4. The molecule has 0 saturated carbocycles. The van der Waals surface area contributed by atoms with Gasteiger partial charge in [0.1, 0.15) is 18.1 Å². The summed E-state index contributed by atoms with van der Waals surface area (Å²) in [6.07, 6.45) is 0.689. The predicted octanol–water partition coefficient (Wildman–Crippen LogP) is 5.57. The van der Waals surface area contributed by atoms with Crippen molar-refractivity contribution in [3.8, 4) is 11.5 Å². The molecule has 3 aromatic carbocycles. The standard InChI is InChI=1S/C29H34N2O4/c1-5-27(22-10-7-6-8-11-22)28(23-12-9-13-26(20-23)35-21-33-4)29(32)30-24-14-16-25(17-15-24)34-19-18-31(2)3/h6-17,20H,5,18-19,21H2,1-4H3,(H,30,32)/b28-27-. The van der Waals surface area contributed by atoms with Crippen molar-refractivity contribution in [2.75, 3.05) is 46.5 Å². The van der Waals surface area contributed by atoms with Crippen molar-refractivity contribution >= 4 is 22.7 Å². The molecule has 1 amide bonds. The highest BCUT2D eigenvalue weighted by molar-refractivity contribution is 6.31. The number of rotatable bonds is 12. The molecular weight excluding hydrogens is 440 g/mol. The lowest BCUT2D eigenvalue weighted by atomic mass is 9.92. The van der Waals surface area contributed by atoms with Gasteiger partial charge in [0.05, 0.1) is 5.57 Å². The van der Waals surface area contributed by atoms with E-state index in [0.29, 0.717) is 30.0 Å². The normalized spacial score (nSPS) is 11.7. The van der Waals surface area contributed by atoms with Gasteiger partial charge in [-0.05, 0) is 73.6 Å². The smallest absolute Gasteiger partial charge is 0.256 e. The predicted molar refractivity (Wildman–Crippen MR) is 142 cm³/mol. The van der Waals surface area contributed by atoms with E-state index in [9.17, 15) is 4.79 Å². The van der Waals surface area contributed by atoms with Crippen molar-refractivity contribution in [1.82, 2.24) is 4.90 Å². The van der Waals surface area contributed by atoms with Crippen molar-refractivity contribution in [3.63, 3.8) is 0 Å². The summed E-state index contributed by atoms with van der Waals surface area (Å²) < 4.78 is 16.4. The zero-order valence-corrected chi connectivity index (χ0v) is 20.9. The summed E-state index contributed by atoms with van der Waals surface area (Å²) >= 11 is 0. The Hall–Kier alpha value is -3.61. The molecule has 0 fully saturated rings. The number of allylic oxidation sites excluding steroid dienone is 1. The number of amides is 1. The Kier molecular flexibility index (Phi) is 9.90. The first-order chi connectivity index (χ1) is 17.0. The SMILES string of the molecule is CC/C(=C(/C(=O)Nc1ccc(OCCN(C)C)cc1)c1cccc(OCOC)c1)c1ccccc1. The number of ether oxygens (including phenoxy) is 3. The third-order valence-electron chi connectivity index (χ3n) is 5.39. The second-order valence-electron chi connectivity index (χ2n) is 8.28. The van der Waals surface area contributed by atoms with Crippen molar-refractivity contribution in [3.05, 3.63) is 90.0 Å². The first kappa shape index (κ1) is 26.0. The Labute approximate surface area is 208 Å². The lowest BCUT2D eigenvalue weighted by molar-refractivity contribution is -0.111. The highest BCUT2D eigenvalue weighted by Gasteiger charge is 2.19. The molecule has 35 heavy (non-hydrogen) atoms. The zero-order chi connectivity index (χ0) is 25.0. The van der Waals surface area contributed by atoms with E-state index in [1.165, 1.54) is 0 Å². The van der Waals surface area contributed by atoms with Crippen LogP contribution >= 0.6 is 0 Å². The lowest BCUT2D eigenvalue weighted by Crippen LogP contribution is -2.19. The van der Waals surface area contributed by atoms with Crippen molar-refractivity contribution in [2.24, 2.45) is 0 Å². The number of likely N-dealkylation sites (N-methyl/N-ethyl adjacent to an activating group) is 1. The molecule has 0 unspecified atom stereocenters. The van der Waals surface area contributed by atoms with Gasteiger partial charge in [0, 0.05) is 19.3 Å². The van der Waals surface area contributed by atoms with Crippen molar-refractivity contribution < 1.29 is 19.0 Å². The third-order valence-corrected chi connectivity index (χ3v) is 5.39. The Morgan fingerprint density at radius 3 is 2.23 bits per heavy atom. The number of hydrogen-bond donors (Lipinski definition) is 1. The second kappa shape index (κ2) is 13.3. The third kappa shape index (κ3) is 7.70. The van der Waals surface area contributed by atoms with Crippen LogP contribution < -0.4 is 14.8 Å². The van der Waals surface area contributed by atoms with E-state index in [2.05, 4.69) is 17.1 Å². The molecule has 0 atom stereocenters. The van der Waals surface area contributed by atoms with Gasteiger partial charge in [0.15, 0.2) is 6.79 Å². The van der Waals surface area contributed by atoms with Crippen LogP contribution in [0.2, 0.25) is 0 Å². The molecule has 3 rings (SSSR count). The van der Waals surface area contributed by atoms with Gasteiger partial charge in [0.2, 0.25) is 0 Å². The fraction of sp³-hybridized carbons (Fsp3) is 0.276. The van der Waals surface area contributed by atoms with Crippen LogP contribution in [0, 0.1) is 0 Å². The fourth-order valence-electron chi connectivity index (χ4n) is 3.65. The van der Waals surface area contributed by atoms with Crippen LogP contribution in [0.1, 0.15) is 24.5 Å². The molecule has 0 spiro atoms. The van der Waals surface area contributed by atoms with E-state index in [-0.39, 0.29) is 12.7 Å². The fourth-order valence-corrected chi connectivity index (χ4v) is 3.65. The van der Waals surface area contributed by atoms with Crippen LogP contribution in [0.25, 0.3) is 11.1 Å². The lowest BCUT2D eigenvalue weighted by Gasteiger charge is -2.17. The monoisotopic (exact) mass is 474 g/mol. The molecule has 184 valence electrons. The summed E-state index contributed by atoms with van der Waals surface area (Å²) in [6.45, 7) is 3.63. The van der Waals surface area contributed by atoms with Crippen LogP contribution in [-0.4, -0.2) is 52.0 Å². The molecule has 1 N–H and O–H groups in total. The maximum Gasteiger partial charge on any atom is 0.256 e. The minimum Gasteiger partial charge on any atom is -0.492 e. The molecule has 0 radical (unpaired) electrons. The van der Waals surface area contributed by atoms with Gasteiger partial charge >= 0.3 is 0 Å². The molecule has 6 nitrogen and oxygen atoms in total. The molecule has 0 aromatic heterocycles. The summed E-state index contributed by atoms with van der Waals surface area (Å²) in [5.74, 6) is 1.22. The largest absolute Gasteiger partial charge is 0.492 e. The van der Waals surface area contributed by atoms with Gasteiger partial charge in [-0.15, -0.1) is 0 Å². The van der Waals surface area contributed by atoms with Crippen LogP contribution in [0.3, 0.4) is 0 Å². The molecule has 0 saturated heterocycles. The van der Waals surface area contributed by atoms with Gasteiger partial charge in [-0.1, -0.05) is 49.4 Å². The van der Waals surface area contributed by atoms with Gasteiger partial charge in [-0.2, -0.15) is 0 Å². The molecule has 0 aliphatic rings. The highest BCUT2D eigenvalue weighted by Crippen LogP contribution is 2.32. The number of methoxy groups -OCH3 is 1. The Balaban J connectivity index is 1.91. The van der Waals surface area contributed by atoms with Gasteiger partial charge in [0.25, 0.3) is 5.91 Å². The van der Waals surface area contributed by atoms with Gasteiger partial charge in [-0.3, -0.25) is 4.79 Å². The molecule has 3 aromatic rings. The van der Waals surface area contributed by atoms with Crippen LogP contribution in [0.15, 0.2) is 78.9 Å². The number of carbonyl (C=O) groups excluding carboxylic acids is 1. The summed E-state index contributed by atoms with van der Waals surface area (Å²) in [5.41, 5.74) is 4.04. The zero-order valence-electron chi connectivity index (χ0n) is 20.9. The topological polar surface area (TPSA) is 60.0 Å². The maximum atomic E-state index is 13.7. The first-order valence-corrected chi connectivity index (χ1v) is 11.7. The van der Waals surface area contributed by atoms with E-state index < -0.39 is 0 Å². The summed E-state index contributed by atoms with van der Waals surface area (Å²) in [4.78, 5) is 15.7. The second-order valence-corrected chi connectivity index (χ2v) is 8.28. The quantitative estimate of drug-likeness (QED) is 0.211. The number of nitrogens with one attached hydrogen (secondary N) is 1. The number of nitrogens with zero attached hydrogens (tertiary/aromatic N) is 1. The summed E-state index contributed by atoms with van der Waals surface area (Å²) in [7, 11) is 5.59. The Morgan fingerprint density at radius 2 is 1.57 bits per heavy atom. The molecule has 0 heterocycles. The number of hydrogen-bond acceptors (Lipinski definition) is 5. The van der Waals surface area contributed by atoms with Crippen LogP contribution in [0.5, 0.6) is 11.5 Å². The summed E-state index contributed by atoms with van der Waals surface area (Å²) in [5, 5.41) is 3.06. The average molecular weight is 475 g/mol. The van der Waals surface area contributed by atoms with Crippen LogP contribution in [0.4, 0.5) is 5.69 Å². The van der Waals surface area contributed by atoms with Crippen LogP contribution in [-0.2, 0) is 9.53 Å². The van der Waals surface area contributed by atoms with E-state index in [1.54, 1.807) is 7.11 Å². The maximum absolute atomic E-state index is 13.7. The van der Waals surface area contributed by atoms with E-state index >= 15 is 0 Å². The minimum absolute atomic E-state index is 0.136. The van der Waals surface area contributed by atoms with Crippen molar-refractivity contribution in [1.29, 1.82) is 0 Å². The summed E-state index contributed by atoms with van der Waals surface area (Å²) in [6, 6.07) is 24.9. The molecule has 0 aliphatic carbocycles. The number of carbonyl (C=O) groups is 1. The van der Waals surface area contributed by atoms with E-state index in [1.807, 2.05) is 93.0 Å². The first-order valence-electron chi connectivity index (χ1n) is 11.7. The molecule has 0 bridgehead atoms. The van der Waals surface area contributed by atoms with E-state index in [4.69, 9.17) is 14.2 Å². The number of benzene rings is 3. The Bertz CT molecular complexity index is 1110. The van der Waals surface area contributed by atoms with Crippen molar-refractivity contribution in [2.45, 2.75) is 13.3 Å². The van der Waals surface area contributed by atoms with Gasteiger partial charge < -0.3 is 24.4 Å². The average Bonchev–Trinajstić information content (AvgIpc) is 2.87. The van der Waals surface area contributed by atoms with E-state index in [0.717, 1.165) is 29.0 Å². The number of anilines is 1. The highest BCUT2D eigenvalue weighted by atomic mass is 16.7. The molecule has 0 aliphatic heterocycles.